The smallest absolute Gasteiger partial charge is 0.141 e. The maximum absolute atomic E-state index is 6.15. The Morgan fingerprint density at radius 2 is 1.95 bits per heavy atom. The summed E-state index contributed by atoms with van der Waals surface area (Å²) in [5.41, 5.74) is 1.62. The highest BCUT2D eigenvalue weighted by atomic mass is 35.5. The second-order valence-corrected chi connectivity index (χ2v) is 4.62. The number of fused-ring (bicyclic) bond motifs is 1. The lowest BCUT2D eigenvalue weighted by atomic mass is 10.2. The molecule has 5 heteroatoms. The van der Waals surface area contributed by atoms with Gasteiger partial charge in [-0.3, -0.25) is 0 Å². The van der Waals surface area contributed by atoms with E-state index in [2.05, 4.69) is 15.3 Å². The third kappa shape index (κ3) is 2.38. The normalized spacial score (nSPS) is 10.5. The van der Waals surface area contributed by atoms with Crippen LogP contribution in [0.1, 0.15) is 0 Å². The molecule has 100 valence electrons. The topological polar surface area (TPSA) is 47.0 Å². The molecule has 1 aromatic heterocycles. The number of halogens is 1. The van der Waals surface area contributed by atoms with Gasteiger partial charge in [-0.1, -0.05) is 23.7 Å². The van der Waals surface area contributed by atoms with Crippen LogP contribution in [0, 0.1) is 0 Å². The molecule has 0 atom stereocenters. The Balaban J connectivity index is 2.06. The first-order chi connectivity index (χ1) is 9.78. The van der Waals surface area contributed by atoms with E-state index < -0.39 is 0 Å². The summed E-state index contributed by atoms with van der Waals surface area (Å²) in [5.74, 6) is 1.48. The molecule has 0 aliphatic carbocycles. The zero-order chi connectivity index (χ0) is 13.9. The summed E-state index contributed by atoms with van der Waals surface area (Å²) in [6.45, 7) is 0. The molecule has 0 aliphatic heterocycles. The number of benzene rings is 2. The van der Waals surface area contributed by atoms with Gasteiger partial charge in [-0.15, -0.1) is 0 Å². The number of para-hydroxylation sites is 1. The molecular formula is C15H12ClN3O. The fourth-order valence-electron chi connectivity index (χ4n) is 1.95. The molecule has 0 unspecified atom stereocenters. The molecule has 0 aliphatic rings. The van der Waals surface area contributed by atoms with E-state index in [1.165, 1.54) is 6.33 Å². The van der Waals surface area contributed by atoms with Crippen LogP contribution in [0.4, 0.5) is 11.5 Å². The van der Waals surface area contributed by atoms with Gasteiger partial charge in [-0.25, -0.2) is 9.97 Å². The zero-order valence-electron chi connectivity index (χ0n) is 10.8. The Bertz CT molecular complexity index is 761. The molecule has 3 rings (SSSR count). The molecule has 0 radical (unpaired) electrons. The summed E-state index contributed by atoms with van der Waals surface area (Å²) >= 11 is 6.15. The van der Waals surface area contributed by atoms with Crippen molar-refractivity contribution in [2.45, 2.75) is 0 Å². The second kappa shape index (κ2) is 5.35. The SMILES string of the molecule is COc1ccc2c(Nc3ccccc3Cl)ncnc2c1. The highest BCUT2D eigenvalue weighted by Crippen LogP contribution is 2.28. The van der Waals surface area contributed by atoms with Gasteiger partial charge in [0.15, 0.2) is 0 Å². The summed E-state index contributed by atoms with van der Waals surface area (Å²) < 4.78 is 5.20. The van der Waals surface area contributed by atoms with Crippen molar-refractivity contribution in [1.29, 1.82) is 0 Å². The predicted octanol–water partition coefficient (Wildman–Crippen LogP) is 4.04. The lowest BCUT2D eigenvalue weighted by Gasteiger charge is -2.10. The van der Waals surface area contributed by atoms with Crippen LogP contribution in [-0.4, -0.2) is 17.1 Å². The standard InChI is InChI=1S/C15H12ClN3O/c1-20-10-6-7-11-14(8-10)17-9-18-15(11)19-13-5-3-2-4-12(13)16/h2-9H,1H3,(H,17,18,19). The van der Waals surface area contributed by atoms with Crippen molar-refractivity contribution in [1.82, 2.24) is 9.97 Å². The van der Waals surface area contributed by atoms with E-state index in [1.54, 1.807) is 7.11 Å². The fraction of sp³-hybridized carbons (Fsp3) is 0.0667. The number of ether oxygens (including phenoxy) is 1. The van der Waals surface area contributed by atoms with Crippen LogP contribution in [-0.2, 0) is 0 Å². The molecule has 2 aromatic carbocycles. The van der Waals surface area contributed by atoms with Crippen LogP contribution in [0.15, 0.2) is 48.8 Å². The molecule has 0 saturated carbocycles. The summed E-state index contributed by atoms with van der Waals surface area (Å²) in [5, 5.41) is 4.79. The Labute approximate surface area is 121 Å². The maximum Gasteiger partial charge on any atom is 0.141 e. The van der Waals surface area contributed by atoms with Crippen LogP contribution < -0.4 is 10.1 Å². The van der Waals surface area contributed by atoms with Gasteiger partial charge in [0, 0.05) is 11.5 Å². The average molecular weight is 286 g/mol. The number of aromatic nitrogens is 2. The lowest BCUT2D eigenvalue weighted by Crippen LogP contribution is -1.96. The minimum atomic E-state index is 0.646. The molecule has 3 aromatic rings. The quantitative estimate of drug-likeness (QED) is 0.789. The van der Waals surface area contributed by atoms with E-state index in [9.17, 15) is 0 Å². The highest BCUT2D eigenvalue weighted by Gasteiger charge is 2.06. The summed E-state index contributed by atoms with van der Waals surface area (Å²) in [6, 6.07) is 13.2. The van der Waals surface area contributed by atoms with Gasteiger partial charge in [-0.05, 0) is 24.3 Å². The van der Waals surface area contributed by atoms with Gasteiger partial charge < -0.3 is 10.1 Å². The number of rotatable bonds is 3. The van der Waals surface area contributed by atoms with Crippen LogP contribution in [0.2, 0.25) is 5.02 Å². The van der Waals surface area contributed by atoms with Gasteiger partial charge in [0.2, 0.25) is 0 Å². The summed E-state index contributed by atoms with van der Waals surface area (Å²) in [6.07, 6.45) is 1.51. The minimum absolute atomic E-state index is 0.646. The van der Waals surface area contributed by atoms with E-state index in [0.717, 1.165) is 22.3 Å². The predicted molar refractivity (Wildman–Crippen MR) is 80.8 cm³/mol. The van der Waals surface area contributed by atoms with Crippen molar-refractivity contribution in [3.8, 4) is 5.75 Å². The van der Waals surface area contributed by atoms with Crippen molar-refractivity contribution in [2.75, 3.05) is 12.4 Å². The first-order valence-corrected chi connectivity index (χ1v) is 6.46. The number of hydrogen-bond acceptors (Lipinski definition) is 4. The van der Waals surface area contributed by atoms with Gasteiger partial charge in [-0.2, -0.15) is 0 Å². The van der Waals surface area contributed by atoms with Gasteiger partial charge in [0.05, 0.1) is 23.3 Å². The van der Waals surface area contributed by atoms with Crippen LogP contribution in [0.5, 0.6) is 5.75 Å². The van der Waals surface area contributed by atoms with E-state index in [-0.39, 0.29) is 0 Å². The van der Waals surface area contributed by atoms with E-state index in [4.69, 9.17) is 16.3 Å². The number of anilines is 2. The third-order valence-electron chi connectivity index (χ3n) is 2.97. The molecule has 20 heavy (non-hydrogen) atoms. The first-order valence-electron chi connectivity index (χ1n) is 6.08. The van der Waals surface area contributed by atoms with Crippen molar-refractivity contribution in [3.05, 3.63) is 53.8 Å². The van der Waals surface area contributed by atoms with Gasteiger partial charge in [0.25, 0.3) is 0 Å². The first kappa shape index (κ1) is 12.7. The molecule has 4 nitrogen and oxygen atoms in total. The molecule has 1 heterocycles. The maximum atomic E-state index is 6.15. The van der Waals surface area contributed by atoms with Crippen molar-refractivity contribution < 1.29 is 4.74 Å². The van der Waals surface area contributed by atoms with E-state index in [1.807, 2.05) is 42.5 Å². The zero-order valence-corrected chi connectivity index (χ0v) is 11.6. The third-order valence-corrected chi connectivity index (χ3v) is 3.30. The average Bonchev–Trinajstić information content (AvgIpc) is 2.49. The number of hydrogen-bond donors (Lipinski definition) is 1. The molecule has 0 spiro atoms. The second-order valence-electron chi connectivity index (χ2n) is 4.21. The largest absolute Gasteiger partial charge is 0.497 e. The Morgan fingerprint density at radius 3 is 2.75 bits per heavy atom. The number of nitrogens with one attached hydrogen (secondary N) is 1. The van der Waals surface area contributed by atoms with Crippen LogP contribution in [0.25, 0.3) is 10.9 Å². The molecule has 0 fully saturated rings. The Hall–Kier alpha value is -2.33. The molecular weight excluding hydrogens is 274 g/mol. The van der Waals surface area contributed by atoms with Gasteiger partial charge >= 0.3 is 0 Å². The number of methoxy groups -OCH3 is 1. The molecule has 1 N–H and O–H groups in total. The highest BCUT2D eigenvalue weighted by molar-refractivity contribution is 6.33. The molecule has 0 saturated heterocycles. The van der Waals surface area contributed by atoms with Crippen molar-refractivity contribution in [2.24, 2.45) is 0 Å². The fourth-order valence-corrected chi connectivity index (χ4v) is 2.14. The molecule has 0 bridgehead atoms. The lowest BCUT2D eigenvalue weighted by molar-refractivity contribution is 0.415. The minimum Gasteiger partial charge on any atom is -0.497 e. The Morgan fingerprint density at radius 1 is 1.10 bits per heavy atom. The van der Waals surface area contributed by atoms with Gasteiger partial charge in [0.1, 0.15) is 17.9 Å². The number of nitrogens with zero attached hydrogens (tertiary/aromatic N) is 2. The summed E-state index contributed by atoms with van der Waals surface area (Å²) in [7, 11) is 1.63. The van der Waals surface area contributed by atoms with Crippen LogP contribution in [0.3, 0.4) is 0 Å². The van der Waals surface area contributed by atoms with E-state index in [0.29, 0.717) is 10.8 Å². The molecule has 0 amide bonds. The monoisotopic (exact) mass is 285 g/mol. The van der Waals surface area contributed by atoms with E-state index >= 15 is 0 Å². The Kier molecular flexibility index (Phi) is 3.39. The van der Waals surface area contributed by atoms with Crippen molar-refractivity contribution >= 4 is 34.0 Å². The summed E-state index contributed by atoms with van der Waals surface area (Å²) in [4.78, 5) is 8.53. The van der Waals surface area contributed by atoms with Crippen LogP contribution >= 0.6 is 11.6 Å². The van der Waals surface area contributed by atoms with Crippen molar-refractivity contribution in [3.63, 3.8) is 0 Å².